The quantitative estimate of drug-likeness (QED) is 0.919. The SMILES string of the molecule is CC(Nc1nc2c(cc1C#N)CCC2)C1CC2CCC1C2. The van der Waals surface area contributed by atoms with Crippen molar-refractivity contribution in [3.05, 3.63) is 22.9 Å². The Kier molecular flexibility index (Phi) is 3.14. The van der Waals surface area contributed by atoms with Crippen LogP contribution in [0.3, 0.4) is 0 Å². The van der Waals surface area contributed by atoms with Gasteiger partial charge < -0.3 is 5.32 Å². The number of fused-ring (bicyclic) bond motifs is 3. The summed E-state index contributed by atoms with van der Waals surface area (Å²) in [6.07, 6.45) is 8.97. The zero-order chi connectivity index (χ0) is 14.4. The first-order valence-corrected chi connectivity index (χ1v) is 8.44. The molecule has 0 amide bonds. The lowest BCUT2D eigenvalue weighted by Gasteiger charge is -2.29. The lowest BCUT2D eigenvalue weighted by molar-refractivity contribution is 0.304. The minimum absolute atomic E-state index is 0.430. The molecular weight excluding hydrogens is 258 g/mol. The van der Waals surface area contributed by atoms with E-state index in [4.69, 9.17) is 4.98 Å². The first kappa shape index (κ1) is 13.1. The van der Waals surface area contributed by atoms with Gasteiger partial charge in [-0.1, -0.05) is 6.42 Å². The third-order valence-electron chi connectivity index (χ3n) is 5.97. The highest BCUT2D eigenvalue weighted by Crippen LogP contribution is 2.49. The van der Waals surface area contributed by atoms with E-state index < -0.39 is 0 Å². The van der Waals surface area contributed by atoms with Gasteiger partial charge in [-0.25, -0.2) is 4.98 Å². The van der Waals surface area contributed by atoms with Crippen LogP contribution >= 0.6 is 0 Å². The molecule has 21 heavy (non-hydrogen) atoms. The van der Waals surface area contributed by atoms with Gasteiger partial charge in [-0.3, -0.25) is 0 Å². The van der Waals surface area contributed by atoms with Gasteiger partial charge in [0.2, 0.25) is 0 Å². The number of hydrogen-bond donors (Lipinski definition) is 1. The van der Waals surface area contributed by atoms with Gasteiger partial charge in [-0.15, -0.1) is 0 Å². The molecule has 0 spiro atoms. The summed E-state index contributed by atoms with van der Waals surface area (Å²) in [5.41, 5.74) is 3.21. The minimum Gasteiger partial charge on any atom is -0.366 e. The maximum atomic E-state index is 9.40. The summed E-state index contributed by atoms with van der Waals surface area (Å²) in [5, 5.41) is 13.0. The molecule has 2 fully saturated rings. The van der Waals surface area contributed by atoms with Crippen LogP contribution in [0.25, 0.3) is 0 Å². The molecule has 1 aromatic rings. The van der Waals surface area contributed by atoms with Crippen molar-refractivity contribution in [2.45, 2.75) is 57.9 Å². The molecule has 0 aliphatic heterocycles. The van der Waals surface area contributed by atoms with Gasteiger partial charge >= 0.3 is 0 Å². The van der Waals surface area contributed by atoms with Gasteiger partial charge in [-0.2, -0.15) is 5.26 Å². The number of nitrogens with zero attached hydrogens (tertiary/aromatic N) is 2. The Bertz CT molecular complexity index is 601. The van der Waals surface area contributed by atoms with Gasteiger partial charge in [0.05, 0.1) is 5.56 Å². The van der Waals surface area contributed by atoms with Crippen LogP contribution in [0.2, 0.25) is 0 Å². The Labute approximate surface area is 126 Å². The van der Waals surface area contributed by atoms with Crippen LogP contribution in [0.15, 0.2) is 6.07 Å². The van der Waals surface area contributed by atoms with Gasteiger partial charge in [0.15, 0.2) is 0 Å². The number of aryl methyl sites for hydroxylation is 2. The molecule has 110 valence electrons. The highest BCUT2D eigenvalue weighted by molar-refractivity contribution is 5.55. The fraction of sp³-hybridized carbons (Fsp3) is 0.667. The van der Waals surface area contributed by atoms with Crippen LogP contribution in [0, 0.1) is 29.1 Å². The van der Waals surface area contributed by atoms with Crippen LogP contribution in [0.5, 0.6) is 0 Å². The summed E-state index contributed by atoms with van der Waals surface area (Å²) in [7, 11) is 0. The third kappa shape index (κ3) is 2.21. The fourth-order valence-corrected chi connectivity index (χ4v) is 4.90. The summed E-state index contributed by atoms with van der Waals surface area (Å²) >= 11 is 0. The average molecular weight is 281 g/mol. The summed E-state index contributed by atoms with van der Waals surface area (Å²) < 4.78 is 0. The first-order chi connectivity index (χ1) is 10.2. The molecular formula is C18H23N3. The Morgan fingerprint density at radius 3 is 2.95 bits per heavy atom. The zero-order valence-electron chi connectivity index (χ0n) is 12.7. The van der Waals surface area contributed by atoms with E-state index in [2.05, 4.69) is 24.4 Å². The molecule has 4 rings (SSSR count). The lowest BCUT2D eigenvalue weighted by Crippen LogP contribution is -2.30. The monoisotopic (exact) mass is 281 g/mol. The zero-order valence-corrected chi connectivity index (χ0v) is 12.7. The van der Waals surface area contributed by atoms with Crippen LogP contribution in [-0.2, 0) is 12.8 Å². The van der Waals surface area contributed by atoms with Gasteiger partial charge in [0.25, 0.3) is 0 Å². The number of aromatic nitrogens is 1. The van der Waals surface area contributed by atoms with Crippen LogP contribution < -0.4 is 5.32 Å². The topological polar surface area (TPSA) is 48.7 Å². The number of hydrogen-bond acceptors (Lipinski definition) is 3. The normalized spacial score (nSPS) is 31.0. The molecule has 4 atom stereocenters. The van der Waals surface area contributed by atoms with Crippen molar-refractivity contribution in [1.82, 2.24) is 4.98 Å². The van der Waals surface area contributed by atoms with Gasteiger partial charge in [0.1, 0.15) is 11.9 Å². The number of nitriles is 1. The second-order valence-corrected chi connectivity index (χ2v) is 7.23. The molecule has 1 N–H and O–H groups in total. The molecule has 2 bridgehead atoms. The van der Waals surface area contributed by atoms with Crippen molar-refractivity contribution in [1.29, 1.82) is 5.26 Å². The molecule has 3 nitrogen and oxygen atoms in total. The largest absolute Gasteiger partial charge is 0.366 e. The summed E-state index contributed by atoms with van der Waals surface area (Å²) in [6.45, 7) is 2.28. The summed E-state index contributed by atoms with van der Waals surface area (Å²) in [6, 6.07) is 4.82. The molecule has 4 unspecified atom stereocenters. The second-order valence-electron chi connectivity index (χ2n) is 7.23. The number of nitrogens with one attached hydrogen (secondary N) is 1. The Balaban J connectivity index is 1.55. The van der Waals surface area contributed by atoms with E-state index in [1.54, 1.807) is 0 Å². The molecule has 1 heterocycles. The standard InChI is InChI=1S/C18H23N3/c1-11(16-8-12-5-6-13(16)7-12)20-18-15(10-19)9-14-3-2-4-17(14)21-18/h9,11-13,16H,2-8H2,1H3,(H,20,21). The van der Waals surface area contributed by atoms with Gasteiger partial charge in [-0.05, 0) is 74.8 Å². The predicted molar refractivity (Wildman–Crippen MR) is 83.0 cm³/mol. The number of pyridine rings is 1. The molecule has 2 saturated carbocycles. The molecule has 0 saturated heterocycles. The maximum absolute atomic E-state index is 9.40. The summed E-state index contributed by atoms with van der Waals surface area (Å²) in [5.74, 6) is 3.46. The molecule has 3 aliphatic carbocycles. The van der Waals surface area contributed by atoms with E-state index in [-0.39, 0.29) is 0 Å². The highest BCUT2D eigenvalue weighted by Gasteiger charge is 2.42. The first-order valence-electron chi connectivity index (χ1n) is 8.44. The van der Waals surface area contributed by atoms with Crippen LogP contribution in [0.4, 0.5) is 5.82 Å². The van der Waals surface area contributed by atoms with E-state index in [0.717, 1.165) is 42.0 Å². The van der Waals surface area contributed by atoms with Crippen LogP contribution in [-0.4, -0.2) is 11.0 Å². The third-order valence-corrected chi connectivity index (χ3v) is 5.97. The van der Waals surface area contributed by atoms with E-state index in [1.807, 2.05) is 0 Å². The van der Waals surface area contributed by atoms with E-state index in [1.165, 1.54) is 43.4 Å². The number of rotatable bonds is 3. The van der Waals surface area contributed by atoms with Crippen molar-refractivity contribution >= 4 is 5.82 Å². The number of anilines is 1. The Morgan fingerprint density at radius 1 is 1.33 bits per heavy atom. The Hall–Kier alpha value is -1.56. The molecule has 3 heteroatoms. The Morgan fingerprint density at radius 2 is 2.24 bits per heavy atom. The predicted octanol–water partition coefficient (Wildman–Crippen LogP) is 3.68. The van der Waals surface area contributed by atoms with Crippen molar-refractivity contribution in [2.24, 2.45) is 17.8 Å². The van der Waals surface area contributed by atoms with Gasteiger partial charge in [0, 0.05) is 11.7 Å². The summed E-state index contributed by atoms with van der Waals surface area (Å²) in [4.78, 5) is 4.76. The van der Waals surface area contributed by atoms with E-state index in [0.29, 0.717) is 6.04 Å². The van der Waals surface area contributed by atoms with E-state index in [9.17, 15) is 5.26 Å². The molecule has 0 aromatic carbocycles. The fourth-order valence-electron chi connectivity index (χ4n) is 4.90. The molecule has 0 radical (unpaired) electrons. The van der Waals surface area contributed by atoms with Crippen molar-refractivity contribution in [3.63, 3.8) is 0 Å². The van der Waals surface area contributed by atoms with Crippen molar-refractivity contribution in [2.75, 3.05) is 5.32 Å². The maximum Gasteiger partial charge on any atom is 0.144 e. The molecule has 3 aliphatic rings. The average Bonchev–Trinajstić information content (AvgIpc) is 3.21. The highest BCUT2D eigenvalue weighted by atomic mass is 15.0. The van der Waals surface area contributed by atoms with E-state index >= 15 is 0 Å². The van der Waals surface area contributed by atoms with Crippen molar-refractivity contribution < 1.29 is 0 Å². The van der Waals surface area contributed by atoms with Crippen molar-refractivity contribution in [3.8, 4) is 6.07 Å². The second kappa shape index (κ2) is 5.02. The lowest BCUT2D eigenvalue weighted by atomic mass is 9.84. The van der Waals surface area contributed by atoms with Crippen LogP contribution in [0.1, 0.15) is 55.8 Å². The smallest absolute Gasteiger partial charge is 0.144 e. The molecule has 1 aromatic heterocycles. The minimum atomic E-state index is 0.430.